The van der Waals surface area contributed by atoms with E-state index >= 15 is 0 Å². The molecule has 0 aliphatic carbocycles. The lowest BCUT2D eigenvalue weighted by Crippen LogP contribution is -2.49. The topological polar surface area (TPSA) is 60.0 Å². The standard InChI is InChI=1S/C17H26N2O4/c1-13-10-19(11-14(2)23-13)12-17(20)18-8-9-22-16-7-5-4-6-15(16)21-3/h4-7,13-14H,8-12H2,1-3H3,(H,18,20)/t13-,14+. The number of ether oxygens (including phenoxy) is 3. The second-order valence-electron chi connectivity index (χ2n) is 5.80. The summed E-state index contributed by atoms with van der Waals surface area (Å²) in [5.41, 5.74) is 0. The molecule has 1 heterocycles. The first kappa shape index (κ1) is 17.6. The highest BCUT2D eigenvalue weighted by Crippen LogP contribution is 2.25. The quantitative estimate of drug-likeness (QED) is 0.767. The predicted octanol–water partition coefficient (Wildman–Crippen LogP) is 1.30. The van der Waals surface area contributed by atoms with Crippen LogP contribution in [0.25, 0.3) is 0 Å². The van der Waals surface area contributed by atoms with Crippen molar-refractivity contribution in [1.29, 1.82) is 0 Å². The Hall–Kier alpha value is -1.79. The summed E-state index contributed by atoms with van der Waals surface area (Å²) < 4.78 is 16.5. The van der Waals surface area contributed by atoms with E-state index in [1.54, 1.807) is 7.11 Å². The van der Waals surface area contributed by atoms with Crippen molar-refractivity contribution in [2.75, 3.05) is 39.9 Å². The molecular formula is C17H26N2O4. The lowest BCUT2D eigenvalue weighted by Gasteiger charge is -2.34. The predicted molar refractivity (Wildman–Crippen MR) is 87.9 cm³/mol. The van der Waals surface area contributed by atoms with Crippen LogP contribution in [0.4, 0.5) is 0 Å². The fourth-order valence-corrected chi connectivity index (χ4v) is 2.76. The summed E-state index contributed by atoms with van der Waals surface area (Å²) in [7, 11) is 1.61. The first-order chi connectivity index (χ1) is 11.1. The number of para-hydroxylation sites is 2. The van der Waals surface area contributed by atoms with Crippen LogP contribution in [-0.2, 0) is 9.53 Å². The Balaban J connectivity index is 1.67. The molecule has 128 valence electrons. The Morgan fingerprint density at radius 3 is 2.57 bits per heavy atom. The smallest absolute Gasteiger partial charge is 0.234 e. The summed E-state index contributed by atoms with van der Waals surface area (Å²) in [6.45, 7) is 6.90. The number of carbonyl (C=O) groups is 1. The number of benzene rings is 1. The van der Waals surface area contributed by atoms with Gasteiger partial charge in [0, 0.05) is 13.1 Å². The molecule has 1 N–H and O–H groups in total. The van der Waals surface area contributed by atoms with Gasteiger partial charge in [-0.15, -0.1) is 0 Å². The van der Waals surface area contributed by atoms with Gasteiger partial charge in [-0.1, -0.05) is 12.1 Å². The fraction of sp³-hybridized carbons (Fsp3) is 0.588. The molecule has 0 aromatic heterocycles. The van der Waals surface area contributed by atoms with Crippen molar-refractivity contribution in [2.24, 2.45) is 0 Å². The highest BCUT2D eigenvalue weighted by atomic mass is 16.5. The molecule has 1 aromatic carbocycles. The van der Waals surface area contributed by atoms with Crippen LogP contribution in [0.5, 0.6) is 11.5 Å². The molecule has 1 aliphatic heterocycles. The van der Waals surface area contributed by atoms with Gasteiger partial charge in [-0.05, 0) is 26.0 Å². The zero-order valence-electron chi connectivity index (χ0n) is 14.1. The second kappa shape index (κ2) is 8.74. The van der Waals surface area contributed by atoms with Gasteiger partial charge in [0.15, 0.2) is 11.5 Å². The van der Waals surface area contributed by atoms with Crippen molar-refractivity contribution in [2.45, 2.75) is 26.1 Å². The van der Waals surface area contributed by atoms with Crippen molar-refractivity contribution in [3.8, 4) is 11.5 Å². The van der Waals surface area contributed by atoms with Crippen LogP contribution >= 0.6 is 0 Å². The number of amides is 1. The van der Waals surface area contributed by atoms with E-state index in [0.717, 1.165) is 13.1 Å². The molecule has 0 spiro atoms. The van der Waals surface area contributed by atoms with E-state index in [4.69, 9.17) is 14.2 Å². The Bertz CT molecular complexity index is 499. The SMILES string of the molecule is COc1ccccc1OCCNC(=O)CN1C[C@@H](C)O[C@@H](C)C1. The van der Waals surface area contributed by atoms with Crippen molar-refractivity contribution >= 4 is 5.91 Å². The minimum Gasteiger partial charge on any atom is -0.493 e. The van der Waals surface area contributed by atoms with E-state index in [-0.39, 0.29) is 18.1 Å². The number of hydrogen-bond acceptors (Lipinski definition) is 5. The molecule has 1 aromatic rings. The maximum Gasteiger partial charge on any atom is 0.234 e. The lowest BCUT2D eigenvalue weighted by atomic mass is 10.2. The molecule has 23 heavy (non-hydrogen) atoms. The third-order valence-electron chi connectivity index (χ3n) is 3.61. The van der Waals surface area contributed by atoms with Gasteiger partial charge in [0.2, 0.25) is 5.91 Å². The van der Waals surface area contributed by atoms with Gasteiger partial charge in [0.1, 0.15) is 6.61 Å². The molecule has 1 amide bonds. The van der Waals surface area contributed by atoms with E-state index in [1.807, 2.05) is 38.1 Å². The highest BCUT2D eigenvalue weighted by molar-refractivity contribution is 5.78. The minimum atomic E-state index is 0.00919. The summed E-state index contributed by atoms with van der Waals surface area (Å²) in [5, 5.41) is 2.88. The summed E-state index contributed by atoms with van der Waals surface area (Å²) in [6, 6.07) is 7.46. The largest absolute Gasteiger partial charge is 0.493 e. The van der Waals surface area contributed by atoms with Gasteiger partial charge in [-0.3, -0.25) is 9.69 Å². The molecule has 2 rings (SSSR count). The molecule has 1 aliphatic rings. The van der Waals surface area contributed by atoms with E-state index in [1.165, 1.54) is 0 Å². The first-order valence-electron chi connectivity index (χ1n) is 7.99. The third kappa shape index (κ3) is 5.73. The van der Waals surface area contributed by atoms with E-state index < -0.39 is 0 Å². The number of rotatable bonds is 7. The third-order valence-corrected chi connectivity index (χ3v) is 3.61. The normalized spacial score (nSPS) is 21.7. The summed E-state index contributed by atoms with van der Waals surface area (Å²) in [6.07, 6.45) is 0.334. The average Bonchev–Trinajstić information content (AvgIpc) is 2.51. The Morgan fingerprint density at radius 2 is 1.91 bits per heavy atom. The molecule has 6 heteroatoms. The van der Waals surface area contributed by atoms with Crippen molar-refractivity contribution in [3.05, 3.63) is 24.3 Å². The number of nitrogens with zero attached hydrogens (tertiary/aromatic N) is 1. The van der Waals surface area contributed by atoms with Crippen LogP contribution in [0.15, 0.2) is 24.3 Å². The van der Waals surface area contributed by atoms with Gasteiger partial charge >= 0.3 is 0 Å². The maximum atomic E-state index is 12.0. The van der Waals surface area contributed by atoms with E-state index in [9.17, 15) is 4.79 Å². The van der Waals surface area contributed by atoms with E-state index in [2.05, 4.69) is 10.2 Å². The van der Waals surface area contributed by atoms with Crippen LogP contribution in [0.2, 0.25) is 0 Å². The monoisotopic (exact) mass is 322 g/mol. The van der Waals surface area contributed by atoms with Crippen molar-refractivity contribution < 1.29 is 19.0 Å². The fourth-order valence-electron chi connectivity index (χ4n) is 2.76. The molecule has 1 fully saturated rings. The number of morpholine rings is 1. The number of nitrogens with one attached hydrogen (secondary N) is 1. The van der Waals surface area contributed by atoms with Crippen LogP contribution < -0.4 is 14.8 Å². The molecule has 0 unspecified atom stereocenters. The Labute approximate surface area is 137 Å². The summed E-state index contributed by atoms with van der Waals surface area (Å²) >= 11 is 0. The van der Waals surface area contributed by atoms with Gasteiger partial charge < -0.3 is 19.5 Å². The molecule has 0 bridgehead atoms. The van der Waals surface area contributed by atoms with Crippen LogP contribution in [0.1, 0.15) is 13.8 Å². The lowest BCUT2D eigenvalue weighted by molar-refractivity contribution is -0.126. The number of hydrogen-bond donors (Lipinski definition) is 1. The summed E-state index contributed by atoms with van der Waals surface area (Å²) in [5.74, 6) is 1.38. The molecule has 0 radical (unpaired) electrons. The van der Waals surface area contributed by atoms with Gasteiger partial charge in [-0.2, -0.15) is 0 Å². The molecular weight excluding hydrogens is 296 g/mol. The second-order valence-corrected chi connectivity index (χ2v) is 5.80. The van der Waals surface area contributed by atoms with Crippen LogP contribution in [0, 0.1) is 0 Å². The van der Waals surface area contributed by atoms with Crippen molar-refractivity contribution in [3.63, 3.8) is 0 Å². The zero-order valence-corrected chi connectivity index (χ0v) is 14.1. The van der Waals surface area contributed by atoms with Crippen molar-refractivity contribution in [1.82, 2.24) is 10.2 Å². The van der Waals surface area contributed by atoms with Gasteiger partial charge in [0.05, 0.1) is 32.4 Å². The zero-order chi connectivity index (χ0) is 16.7. The molecule has 6 nitrogen and oxygen atoms in total. The molecule has 1 saturated heterocycles. The number of methoxy groups -OCH3 is 1. The van der Waals surface area contributed by atoms with E-state index in [0.29, 0.717) is 31.2 Å². The minimum absolute atomic E-state index is 0.00919. The summed E-state index contributed by atoms with van der Waals surface area (Å²) in [4.78, 5) is 14.1. The molecule has 0 saturated carbocycles. The maximum absolute atomic E-state index is 12.0. The Kier molecular flexibility index (Phi) is 6.67. The average molecular weight is 322 g/mol. The number of carbonyl (C=O) groups excluding carboxylic acids is 1. The molecule has 2 atom stereocenters. The highest BCUT2D eigenvalue weighted by Gasteiger charge is 2.23. The van der Waals surface area contributed by atoms with Crippen LogP contribution in [0.3, 0.4) is 0 Å². The van der Waals surface area contributed by atoms with Crippen LogP contribution in [-0.4, -0.2) is 62.9 Å². The van der Waals surface area contributed by atoms with Gasteiger partial charge in [-0.25, -0.2) is 0 Å². The van der Waals surface area contributed by atoms with Gasteiger partial charge in [0.25, 0.3) is 0 Å². The first-order valence-corrected chi connectivity index (χ1v) is 7.99. The Morgan fingerprint density at radius 1 is 1.26 bits per heavy atom.